The largest absolute Gasteiger partial charge is 0.464 e. The number of fused-ring (bicyclic) bond motifs is 1. The fraction of sp³-hybridized carbons (Fsp3) is 0.0417. The Hall–Kier alpha value is -3.61. The Balaban J connectivity index is 1.96. The SMILES string of the molecule is COC(=O)c1cc(N(C(=O)Nc2ccccc2)c2ccccc2)c2c(Cl)cc(Cl)cc2n1. The lowest BCUT2D eigenvalue weighted by molar-refractivity contribution is 0.0594. The topological polar surface area (TPSA) is 71.5 Å². The number of anilines is 3. The summed E-state index contributed by atoms with van der Waals surface area (Å²) in [5, 5.41) is 3.99. The predicted octanol–water partition coefficient (Wildman–Crippen LogP) is 6.70. The van der Waals surface area contributed by atoms with Gasteiger partial charge in [-0.3, -0.25) is 4.90 Å². The van der Waals surface area contributed by atoms with Gasteiger partial charge in [0, 0.05) is 16.1 Å². The number of benzene rings is 3. The zero-order chi connectivity index (χ0) is 22.7. The first-order valence-electron chi connectivity index (χ1n) is 9.57. The van der Waals surface area contributed by atoms with Crippen LogP contribution >= 0.6 is 23.2 Å². The molecule has 0 radical (unpaired) electrons. The first-order valence-corrected chi connectivity index (χ1v) is 10.3. The van der Waals surface area contributed by atoms with E-state index < -0.39 is 12.0 Å². The molecular weight excluding hydrogens is 449 g/mol. The first-order chi connectivity index (χ1) is 15.5. The average molecular weight is 466 g/mol. The van der Waals surface area contributed by atoms with Crippen molar-refractivity contribution in [3.63, 3.8) is 0 Å². The van der Waals surface area contributed by atoms with E-state index in [0.717, 1.165) is 0 Å². The van der Waals surface area contributed by atoms with Crippen molar-refractivity contribution in [2.24, 2.45) is 0 Å². The van der Waals surface area contributed by atoms with E-state index in [9.17, 15) is 9.59 Å². The van der Waals surface area contributed by atoms with Gasteiger partial charge in [-0.2, -0.15) is 0 Å². The van der Waals surface area contributed by atoms with Crippen molar-refractivity contribution >= 4 is 63.2 Å². The number of rotatable bonds is 4. The number of amides is 2. The zero-order valence-corrected chi connectivity index (χ0v) is 18.4. The number of aromatic nitrogens is 1. The van der Waals surface area contributed by atoms with Crippen LogP contribution in [0.5, 0.6) is 0 Å². The fourth-order valence-electron chi connectivity index (χ4n) is 3.29. The first kappa shape index (κ1) is 21.6. The van der Waals surface area contributed by atoms with Crippen LogP contribution in [0, 0.1) is 0 Å². The van der Waals surface area contributed by atoms with Crippen LogP contribution in [0.4, 0.5) is 21.9 Å². The second kappa shape index (κ2) is 9.26. The highest BCUT2D eigenvalue weighted by atomic mass is 35.5. The summed E-state index contributed by atoms with van der Waals surface area (Å²) in [6.07, 6.45) is 0. The van der Waals surface area contributed by atoms with Crippen LogP contribution in [0.3, 0.4) is 0 Å². The molecule has 0 bridgehead atoms. The summed E-state index contributed by atoms with van der Waals surface area (Å²) in [6.45, 7) is 0. The number of halogens is 2. The van der Waals surface area contributed by atoms with Gasteiger partial charge in [0.2, 0.25) is 0 Å². The van der Waals surface area contributed by atoms with Gasteiger partial charge >= 0.3 is 12.0 Å². The summed E-state index contributed by atoms with van der Waals surface area (Å²) in [6, 6.07) is 22.2. The van der Waals surface area contributed by atoms with Gasteiger partial charge in [0.25, 0.3) is 0 Å². The molecule has 0 saturated heterocycles. The number of ether oxygens (including phenoxy) is 1. The van der Waals surface area contributed by atoms with E-state index in [4.69, 9.17) is 27.9 Å². The Morgan fingerprint density at radius 2 is 1.59 bits per heavy atom. The number of nitrogens with one attached hydrogen (secondary N) is 1. The van der Waals surface area contributed by atoms with Crippen LogP contribution < -0.4 is 10.2 Å². The Kier molecular flexibility index (Phi) is 6.25. The summed E-state index contributed by atoms with van der Waals surface area (Å²) in [5.41, 5.74) is 1.90. The molecule has 0 aliphatic heterocycles. The number of hydrogen-bond donors (Lipinski definition) is 1. The Bertz CT molecular complexity index is 1300. The van der Waals surface area contributed by atoms with Crippen molar-refractivity contribution in [3.8, 4) is 0 Å². The quantitative estimate of drug-likeness (QED) is 0.340. The maximum absolute atomic E-state index is 13.5. The number of urea groups is 1. The van der Waals surface area contributed by atoms with Crippen molar-refractivity contribution in [3.05, 3.63) is 94.6 Å². The molecule has 4 rings (SSSR count). The molecular formula is C24H17Cl2N3O3. The fourth-order valence-corrected chi connectivity index (χ4v) is 3.87. The number of methoxy groups -OCH3 is 1. The number of nitrogens with zero attached hydrogens (tertiary/aromatic N) is 2. The van der Waals surface area contributed by atoms with Crippen molar-refractivity contribution < 1.29 is 14.3 Å². The third-order valence-corrected chi connectivity index (χ3v) is 5.20. The van der Waals surface area contributed by atoms with Crippen molar-refractivity contribution in [1.82, 2.24) is 4.98 Å². The van der Waals surface area contributed by atoms with Gasteiger partial charge in [0.05, 0.1) is 29.0 Å². The second-order valence-electron chi connectivity index (χ2n) is 6.77. The number of pyridine rings is 1. The van der Waals surface area contributed by atoms with Gasteiger partial charge < -0.3 is 10.1 Å². The number of hydrogen-bond acceptors (Lipinski definition) is 4. The highest BCUT2D eigenvalue weighted by Crippen LogP contribution is 2.38. The van der Waals surface area contributed by atoms with Gasteiger partial charge in [-0.15, -0.1) is 0 Å². The highest BCUT2D eigenvalue weighted by Gasteiger charge is 2.25. The minimum atomic E-state index is -0.652. The second-order valence-corrected chi connectivity index (χ2v) is 7.61. The maximum Gasteiger partial charge on any atom is 0.356 e. The summed E-state index contributed by atoms with van der Waals surface area (Å²) in [5.74, 6) is -0.652. The third kappa shape index (κ3) is 4.37. The molecule has 0 saturated carbocycles. The zero-order valence-electron chi connectivity index (χ0n) is 16.9. The number of carbonyl (C=O) groups excluding carboxylic acids is 2. The lowest BCUT2D eigenvalue weighted by atomic mass is 10.1. The van der Waals surface area contributed by atoms with Gasteiger partial charge in [-0.25, -0.2) is 14.6 Å². The van der Waals surface area contributed by atoms with E-state index in [1.807, 2.05) is 24.3 Å². The summed E-state index contributed by atoms with van der Waals surface area (Å²) in [7, 11) is 1.26. The van der Waals surface area contributed by atoms with E-state index >= 15 is 0 Å². The standard InChI is InChI=1S/C24H17Cl2N3O3/c1-32-23(30)20-14-21(22-18(26)12-15(25)13-19(22)28-20)29(17-10-6-3-7-11-17)24(31)27-16-8-4-2-5-9-16/h2-14H,1H3,(H,27,31). The number of esters is 1. The molecule has 160 valence electrons. The molecule has 6 nitrogen and oxygen atoms in total. The molecule has 0 spiro atoms. The molecule has 1 heterocycles. The minimum absolute atomic E-state index is 0.0155. The van der Waals surface area contributed by atoms with E-state index in [-0.39, 0.29) is 5.69 Å². The van der Waals surface area contributed by atoms with Crippen molar-refractivity contribution in [2.45, 2.75) is 0 Å². The Morgan fingerprint density at radius 3 is 2.25 bits per heavy atom. The normalized spacial score (nSPS) is 10.6. The molecule has 0 aliphatic carbocycles. The molecule has 0 unspecified atom stereocenters. The third-order valence-electron chi connectivity index (χ3n) is 4.68. The van der Waals surface area contributed by atoms with E-state index in [0.29, 0.717) is 38.0 Å². The van der Waals surface area contributed by atoms with Crippen LogP contribution in [0.2, 0.25) is 10.0 Å². The molecule has 0 aliphatic rings. The number of para-hydroxylation sites is 2. The Morgan fingerprint density at radius 1 is 0.938 bits per heavy atom. The smallest absolute Gasteiger partial charge is 0.356 e. The monoisotopic (exact) mass is 465 g/mol. The van der Waals surface area contributed by atoms with Crippen LogP contribution in [0.1, 0.15) is 10.5 Å². The average Bonchev–Trinajstić information content (AvgIpc) is 2.79. The number of carbonyl (C=O) groups is 2. The van der Waals surface area contributed by atoms with Crippen LogP contribution in [-0.2, 0) is 4.74 Å². The van der Waals surface area contributed by atoms with E-state index in [1.54, 1.807) is 48.5 Å². The van der Waals surface area contributed by atoms with Gasteiger partial charge in [0.1, 0.15) is 0 Å². The summed E-state index contributed by atoms with van der Waals surface area (Å²) in [4.78, 5) is 31.6. The molecule has 1 N–H and O–H groups in total. The maximum atomic E-state index is 13.5. The molecule has 2 amide bonds. The minimum Gasteiger partial charge on any atom is -0.464 e. The highest BCUT2D eigenvalue weighted by molar-refractivity contribution is 6.40. The van der Waals surface area contributed by atoms with E-state index in [2.05, 4.69) is 10.3 Å². The van der Waals surface area contributed by atoms with Gasteiger partial charge in [0.15, 0.2) is 5.69 Å². The molecule has 3 aromatic carbocycles. The molecule has 4 aromatic rings. The summed E-state index contributed by atoms with van der Waals surface area (Å²) < 4.78 is 4.86. The van der Waals surface area contributed by atoms with Crippen LogP contribution in [0.25, 0.3) is 10.9 Å². The predicted molar refractivity (Wildman–Crippen MR) is 127 cm³/mol. The van der Waals surface area contributed by atoms with Gasteiger partial charge in [-0.05, 0) is 42.5 Å². The van der Waals surface area contributed by atoms with Gasteiger partial charge in [-0.1, -0.05) is 59.6 Å². The molecule has 0 atom stereocenters. The van der Waals surface area contributed by atoms with E-state index in [1.165, 1.54) is 18.1 Å². The van der Waals surface area contributed by atoms with Crippen LogP contribution in [-0.4, -0.2) is 24.1 Å². The molecule has 32 heavy (non-hydrogen) atoms. The van der Waals surface area contributed by atoms with Crippen molar-refractivity contribution in [1.29, 1.82) is 0 Å². The molecule has 1 aromatic heterocycles. The Labute approximate surface area is 194 Å². The lowest BCUT2D eigenvalue weighted by Crippen LogP contribution is -2.31. The van der Waals surface area contributed by atoms with Crippen LogP contribution in [0.15, 0.2) is 78.9 Å². The molecule has 0 fully saturated rings. The lowest BCUT2D eigenvalue weighted by Gasteiger charge is -2.25. The summed E-state index contributed by atoms with van der Waals surface area (Å²) >= 11 is 12.7. The van der Waals surface area contributed by atoms with Crippen molar-refractivity contribution in [2.75, 3.05) is 17.3 Å². The molecule has 8 heteroatoms.